The van der Waals surface area contributed by atoms with Crippen molar-refractivity contribution in [2.75, 3.05) is 12.0 Å². The Hall–Kier alpha value is -2.67. The molecule has 1 aromatic carbocycles. The zero-order valence-electron chi connectivity index (χ0n) is 11.4. The minimum Gasteiger partial charge on any atom is -0.359 e. The van der Waals surface area contributed by atoms with Crippen LogP contribution in [0.25, 0.3) is 11.3 Å². The summed E-state index contributed by atoms with van der Waals surface area (Å²) in [5.41, 5.74) is 4.42. The number of nitrogens with zero attached hydrogens (tertiary/aromatic N) is 2. The number of hydrogen-bond donors (Lipinski definition) is 2. The van der Waals surface area contributed by atoms with Crippen LogP contribution in [0.1, 0.15) is 6.92 Å². The number of aromatic nitrogens is 2. The number of carbonyl (C=O) groups excluding carboxylic acids is 2. The fourth-order valence-corrected chi connectivity index (χ4v) is 2.06. The second-order valence-corrected chi connectivity index (χ2v) is 4.49. The molecule has 2 aromatic rings. The lowest BCUT2D eigenvalue weighted by Gasteiger charge is -2.34. The van der Waals surface area contributed by atoms with Crippen LogP contribution in [-0.4, -0.2) is 39.7 Å². The molecule has 1 aromatic heterocycles. The van der Waals surface area contributed by atoms with E-state index in [0.29, 0.717) is 12.4 Å². The van der Waals surface area contributed by atoms with E-state index in [1.165, 1.54) is 0 Å². The molecule has 0 unspecified atom stereocenters. The van der Waals surface area contributed by atoms with E-state index in [1.54, 1.807) is 13.0 Å². The molecule has 2 heterocycles. The lowest BCUT2D eigenvalue weighted by Crippen LogP contribution is -2.64. The maximum atomic E-state index is 11.7. The summed E-state index contributed by atoms with van der Waals surface area (Å²) < 4.78 is 5.04. The van der Waals surface area contributed by atoms with E-state index in [1.807, 2.05) is 30.3 Å². The lowest BCUT2D eigenvalue weighted by atomic mass is 10.1. The third-order valence-corrected chi connectivity index (χ3v) is 3.11. The van der Waals surface area contributed by atoms with Crippen LogP contribution in [0.15, 0.2) is 36.4 Å². The van der Waals surface area contributed by atoms with Crippen molar-refractivity contribution >= 4 is 17.6 Å². The van der Waals surface area contributed by atoms with E-state index < -0.39 is 17.9 Å². The molecular weight excluding hydrogens is 272 g/mol. The quantitative estimate of drug-likeness (QED) is 0.636. The van der Waals surface area contributed by atoms with Crippen LogP contribution >= 0.6 is 0 Å². The first-order valence-corrected chi connectivity index (χ1v) is 6.57. The standard InChI is InChI=1S/C14H14N4O3/c1-2-21-12-13(19)18(14(12)20)17-11-8-10(15-16-11)9-6-4-3-5-7-9/h3-8,12H,2H2,1H3,(H2,15,16,17). The highest BCUT2D eigenvalue weighted by molar-refractivity contribution is 6.21. The molecule has 1 saturated heterocycles. The third kappa shape index (κ3) is 2.38. The smallest absolute Gasteiger partial charge is 0.287 e. The van der Waals surface area contributed by atoms with Crippen molar-refractivity contribution in [1.82, 2.24) is 15.2 Å². The van der Waals surface area contributed by atoms with Crippen LogP contribution in [0.3, 0.4) is 0 Å². The van der Waals surface area contributed by atoms with Gasteiger partial charge in [-0.2, -0.15) is 10.1 Å². The fourth-order valence-electron chi connectivity index (χ4n) is 2.06. The van der Waals surface area contributed by atoms with Gasteiger partial charge in [-0.15, -0.1) is 0 Å². The van der Waals surface area contributed by atoms with Crippen molar-refractivity contribution in [1.29, 1.82) is 0 Å². The summed E-state index contributed by atoms with van der Waals surface area (Å²) in [7, 11) is 0. The first-order chi connectivity index (χ1) is 10.2. The van der Waals surface area contributed by atoms with Crippen molar-refractivity contribution in [3.05, 3.63) is 36.4 Å². The first kappa shape index (κ1) is 13.3. The molecule has 0 atom stereocenters. The van der Waals surface area contributed by atoms with Crippen LogP contribution in [0.5, 0.6) is 0 Å². The summed E-state index contributed by atoms with van der Waals surface area (Å²) in [6.07, 6.45) is -0.991. The Morgan fingerprint density at radius 3 is 2.67 bits per heavy atom. The minimum absolute atomic E-state index is 0.316. The number of hydrazine groups is 1. The molecule has 108 valence electrons. The van der Waals surface area contributed by atoms with Crippen molar-refractivity contribution in [3.63, 3.8) is 0 Å². The molecule has 0 aliphatic carbocycles. The molecule has 1 aliphatic rings. The van der Waals surface area contributed by atoms with E-state index in [-0.39, 0.29) is 0 Å². The van der Waals surface area contributed by atoms with Crippen molar-refractivity contribution in [2.45, 2.75) is 13.0 Å². The summed E-state index contributed by atoms with van der Waals surface area (Å²) in [6.45, 7) is 2.05. The monoisotopic (exact) mass is 286 g/mol. The van der Waals surface area contributed by atoms with Crippen molar-refractivity contribution < 1.29 is 14.3 Å². The maximum absolute atomic E-state index is 11.7. The molecule has 2 amide bonds. The van der Waals surface area contributed by atoms with Gasteiger partial charge >= 0.3 is 0 Å². The summed E-state index contributed by atoms with van der Waals surface area (Å²) >= 11 is 0. The Morgan fingerprint density at radius 1 is 1.29 bits per heavy atom. The third-order valence-electron chi connectivity index (χ3n) is 3.11. The molecule has 0 saturated carbocycles. The lowest BCUT2D eigenvalue weighted by molar-refractivity contribution is -0.175. The SMILES string of the molecule is CCOC1C(=O)N(Nc2cc(-c3ccccc3)[nH]n2)C1=O. The van der Waals surface area contributed by atoms with Gasteiger partial charge in [0.1, 0.15) is 0 Å². The zero-order chi connectivity index (χ0) is 14.8. The summed E-state index contributed by atoms with van der Waals surface area (Å²) in [4.78, 5) is 23.4. The average molecular weight is 286 g/mol. The van der Waals surface area contributed by atoms with Crippen LogP contribution in [0.4, 0.5) is 5.82 Å². The highest BCUT2D eigenvalue weighted by Crippen LogP contribution is 2.22. The second kappa shape index (κ2) is 5.37. The molecule has 0 bridgehead atoms. The molecule has 0 radical (unpaired) electrons. The zero-order valence-corrected chi connectivity index (χ0v) is 11.4. The van der Waals surface area contributed by atoms with Crippen molar-refractivity contribution in [2.24, 2.45) is 0 Å². The fraction of sp³-hybridized carbons (Fsp3) is 0.214. The van der Waals surface area contributed by atoms with Gasteiger partial charge in [-0.3, -0.25) is 20.1 Å². The van der Waals surface area contributed by atoms with E-state index in [9.17, 15) is 9.59 Å². The van der Waals surface area contributed by atoms with Gasteiger partial charge in [0.15, 0.2) is 5.82 Å². The molecule has 1 fully saturated rings. The number of H-pyrrole nitrogens is 1. The van der Waals surface area contributed by atoms with Gasteiger partial charge in [-0.05, 0) is 12.5 Å². The van der Waals surface area contributed by atoms with Crippen LogP contribution < -0.4 is 5.43 Å². The Morgan fingerprint density at radius 2 is 2.00 bits per heavy atom. The Balaban J connectivity index is 1.69. The first-order valence-electron chi connectivity index (χ1n) is 6.57. The highest BCUT2D eigenvalue weighted by atomic mass is 16.5. The second-order valence-electron chi connectivity index (χ2n) is 4.49. The molecule has 1 aliphatic heterocycles. The number of rotatable bonds is 5. The van der Waals surface area contributed by atoms with Crippen LogP contribution in [0, 0.1) is 0 Å². The van der Waals surface area contributed by atoms with Crippen LogP contribution in [0.2, 0.25) is 0 Å². The van der Waals surface area contributed by atoms with Crippen LogP contribution in [-0.2, 0) is 14.3 Å². The summed E-state index contributed by atoms with van der Waals surface area (Å²) in [5.74, 6) is -0.428. The molecule has 0 spiro atoms. The number of benzene rings is 1. The summed E-state index contributed by atoms with van der Waals surface area (Å²) in [6, 6.07) is 11.3. The predicted molar refractivity (Wildman–Crippen MR) is 74.9 cm³/mol. The van der Waals surface area contributed by atoms with E-state index in [4.69, 9.17) is 4.74 Å². The molecule has 7 heteroatoms. The van der Waals surface area contributed by atoms with E-state index in [2.05, 4.69) is 15.6 Å². The Bertz CT molecular complexity index is 652. The molecular formula is C14H14N4O3. The molecule has 2 N–H and O–H groups in total. The topological polar surface area (TPSA) is 87.3 Å². The van der Waals surface area contributed by atoms with Crippen molar-refractivity contribution in [3.8, 4) is 11.3 Å². The number of anilines is 1. The Kier molecular flexibility index (Phi) is 3.41. The van der Waals surface area contributed by atoms with E-state index in [0.717, 1.165) is 16.3 Å². The number of hydrogen-bond acceptors (Lipinski definition) is 5. The molecule has 7 nitrogen and oxygen atoms in total. The molecule has 3 rings (SSSR count). The average Bonchev–Trinajstić information content (AvgIpc) is 2.99. The van der Waals surface area contributed by atoms with Gasteiger partial charge < -0.3 is 4.74 Å². The summed E-state index contributed by atoms with van der Waals surface area (Å²) in [5, 5.41) is 7.79. The van der Waals surface area contributed by atoms with Gasteiger partial charge in [-0.25, -0.2) is 0 Å². The molecule has 21 heavy (non-hydrogen) atoms. The Labute approximate surface area is 120 Å². The number of ether oxygens (including phenoxy) is 1. The number of aromatic amines is 1. The van der Waals surface area contributed by atoms with E-state index >= 15 is 0 Å². The number of β-lactam (4-membered cyclic amide) rings is 2. The van der Waals surface area contributed by atoms with Gasteiger partial charge in [0.25, 0.3) is 11.8 Å². The largest absolute Gasteiger partial charge is 0.359 e. The highest BCUT2D eigenvalue weighted by Gasteiger charge is 2.48. The normalized spacial score (nSPS) is 15.2. The minimum atomic E-state index is -0.991. The van der Waals surface area contributed by atoms with Gasteiger partial charge in [0, 0.05) is 12.7 Å². The number of amides is 2. The number of imide groups is 1. The maximum Gasteiger partial charge on any atom is 0.287 e. The number of nitrogens with one attached hydrogen (secondary N) is 2. The van der Waals surface area contributed by atoms with Gasteiger partial charge in [-0.1, -0.05) is 30.3 Å². The number of carbonyl (C=O) groups is 2. The van der Waals surface area contributed by atoms with Gasteiger partial charge in [0.2, 0.25) is 6.10 Å². The van der Waals surface area contributed by atoms with Gasteiger partial charge in [0.05, 0.1) is 5.69 Å². The predicted octanol–water partition coefficient (Wildman–Crippen LogP) is 1.18.